The summed E-state index contributed by atoms with van der Waals surface area (Å²) < 4.78 is 8.18. The second kappa shape index (κ2) is 3.62. The first-order valence-electron chi connectivity index (χ1n) is 5.74. The van der Waals surface area contributed by atoms with Crippen LogP contribution in [0.2, 0.25) is 0 Å². The zero-order valence-electron chi connectivity index (χ0n) is 10.2. The number of morpholine rings is 1. The Morgan fingerprint density at radius 1 is 1.27 bits per heavy atom. The van der Waals surface area contributed by atoms with Gasteiger partial charge in [-0.3, -0.25) is 4.90 Å². The summed E-state index contributed by atoms with van der Waals surface area (Å²) in [4.78, 5) is 2.48. The summed E-state index contributed by atoms with van der Waals surface area (Å²) in [5.41, 5.74) is -0.0318. The number of hydrogen-bond acceptors (Lipinski definition) is 4. The van der Waals surface area contributed by atoms with E-state index in [1.54, 1.807) is 0 Å². The van der Waals surface area contributed by atoms with Gasteiger partial charge in [0.1, 0.15) is 0 Å². The fourth-order valence-electron chi connectivity index (χ4n) is 2.70. The molecule has 0 aliphatic carbocycles. The Morgan fingerprint density at radius 3 is 2.47 bits per heavy atom. The maximum Gasteiger partial charge on any atom is 0.0982 e. The van der Waals surface area contributed by atoms with Crippen LogP contribution in [-0.2, 0) is 4.74 Å². The van der Waals surface area contributed by atoms with Gasteiger partial charge in [-0.1, -0.05) is 12.8 Å². The van der Waals surface area contributed by atoms with Gasteiger partial charge in [0.15, 0.2) is 0 Å². The van der Waals surface area contributed by atoms with Crippen molar-refractivity contribution >= 4 is 12.8 Å². The van der Waals surface area contributed by atoms with Gasteiger partial charge in [0, 0.05) is 25.7 Å². The van der Waals surface area contributed by atoms with Crippen molar-refractivity contribution in [1.82, 2.24) is 9.21 Å². The van der Waals surface area contributed by atoms with Crippen LogP contribution < -0.4 is 0 Å². The maximum atomic E-state index is 6.01. The quantitative estimate of drug-likeness (QED) is 0.686. The zero-order valence-corrected chi connectivity index (χ0v) is 11.1. The SMILES string of the molecule is CC(C)N1CC2(C)OCCN(S)[C@@]2(C)C1. The molecule has 0 aromatic heterocycles. The molecule has 2 aliphatic rings. The van der Waals surface area contributed by atoms with Gasteiger partial charge < -0.3 is 4.74 Å². The van der Waals surface area contributed by atoms with E-state index in [0.717, 1.165) is 26.2 Å². The number of ether oxygens (including phenoxy) is 1. The lowest BCUT2D eigenvalue weighted by atomic mass is 9.84. The molecule has 0 N–H and O–H groups in total. The largest absolute Gasteiger partial charge is 0.371 e. The molecule has 2 atom stereocenters. The molecular weight excluding hydrogens is 208 g/mol. The van der Waals surface area contributed by atoms with Crippen LogP contribution in [0.25, 0.3) is 0 Å². The molecule has 2 fully saturated rings. The van der Waals surface area contributed by atoms with E-state index in [9.17, 15) is 0 Å². The first-order chi connectivity index (χ1) is 6.89. The Bertz CT molecular complexity index is 261. The van der Waals surface area contributed by atoms with Crippen molar-refractivity contribution < 1.29 is 4.74 Å². The predicted molar refractivity (Wildman–Crippen MR) is 65.2 cm³/mol. The van der Waals surface area contributed by atoms with Crippen LogP contribution in [-0.4, -0.2) is 52.6 Å². The number of hydrogen-bond donors (Lipinski definition) is 1. The van der Waals surface area contributed by atoms with Crippen LogP contribution in [0.5, 0.6) is 0 Å². The predicted octanol–water partition coefficient (Wildman–Crippen LogP) is 1.40. The number of likely N-dealkylation sites (tertiary alicyclic amines) is 1. The van der Waals surface area contributed by atoms with Gasteiger partial charge in [-0.05, 0) is 27.7 Å². The Kier molecular flexibility index (Phi) is 2.83. The zero-order chi connectivity index (χ0) is 11.3. The summed E-state index contributed by atoms with van der Waals surface area (Å²) in [6.45, 7) is 12.7. The number of rotatable bonds is 1. The first kappa shape index (κ1) is 11.7. The van der Waals surface area contributed by atoms with Crippen molar-refractivity contribution in [2.75, 3.05) is 26.2 Å². The minimum absolute atomic E-state index is 0.0403. The van der Waals surface area contributed by atoms with Crippen molar-refractivity contribution in [2.45, 2.75) is 44.9 Å². The van der Waals surface area contributed by atoms with Crippen LogP contribution >= 0.6 is 12.8 Å². The summed E-state index contributed by atoms with van der Waals surface area (Å²) in [5.74, 6) is 0. The maximum absolute atomic E-state index is 6.01. The monoisotopic (exact) mass is 230 g/mol. The lowest BCUT2D eigenvalue weighted by Crippen LogP contribution is -2.63. The molecule has 0 bridgehead atoms. The molecule has 0 spiro atoms. The molecule has 15 heavy (non-hydrogen) atoms. The molecule has 2 heterocycles. The molecule has 0 aromatic rings. The summed E-state index contributed by atoms with van der Waals surface area (Å²) in [7, 11) is 0. The van der Waals surface area contributed by atoms with E-state index in [4.69, 9.17) is 4.74 Å². The van der Waals surface area contributed by atoms with E-state index in [0.29, 0.717) is 6.04 Å². The minimum atomic E-state index is -0.0722. The molecule has 0 radical (unpaired) electrons. The van der Waals surface area contributed by atoms with Crippen molar-refractivity contribution in [3.63, 3.8) is 0 Å². The summed E-state index contributed by atoms with van der Waals surface area (Å²) in [6, 6.07) is 0.578. The van der Waals surface area contributed by atoms with Gasteiger partial charge >= 0.3 is 0 Å². The smallest absolute Gasteiger partial charge is 0.0982 e. The van der Waals surface area contributed by atoms with E-state index in [-0.39, 0.29) is 11.1 Å². The molecule has 0 aromatic carbocycles. The van der Waals surface area contributed by atoms with Crippen LogP contribution in [0.1, 0.15) is 27.7 Å². The van der Waals surface area contributed by atoms with Gasteiger partial charge in [0.25, 0.3) is 0 Å². The molecule has 88 valence electrons. The normalized spacial score (nSPS) is 43.6. The van der Waals surface area contributed by atoms with Gasteiger partial charge in [-0.2, -0.15) is 0 Å². The van der Waals surface area contributed by atoms with Crippen LogP contribution in [0.15, 0.2) is 0 Å². The third-order valence-electron chi connectivity index (χ3n) is 4.18. The summed E-state index contributed by atoms with van der Waals surface area (Å²) in [5, 5.41) is 0. The van der Waals surface area contributed by atoms with E-state index in [2.05, 4.69) is 49.7 Å². The van der Waals surface area contributed by atoms with Crippen LogP contribution in [0.3, 0.4) is 0 Å². The molecular formula is C11H22N2OS. The molecule has 2 saturated heterocycles. The highest BCUT2D eigenvalue weighted by Crippen LogP contribution is 2.42. The number of nitrogens with zero attached hydrogens (tertiary/aromatic N) is 2. The number of fused-ring (bicyclic) bond motifs is 1. The Labute approximate surface area is 98.3 Å². The molecule has 2 rings (SSSR count). The first-order valence-corrected chi connectivity index (χ1v) is 6.14. The van der Waals surface area contributed by atoms with Crippen molar-refractivity contribution in [3.8, 4) is 0 Å². The Hall–Kier alpha value is 0.230. The summed E-state index contributed by atoms with van der Waals surface area (Å²) >= 11 is 4.61. The molecule has 3 nitrogen and oxygen atoms in total. The molecule has 4 heteroatoms. The topological polar surface area (TPSA) is 15.7 Å². The van der Waals surface area contributed by atoms with Gasteiger partial charge in [0.05, 0.1) is 17.7 Å². The number of thiol groups is 1. The minimum Gasteiger partial charge on any atom is -0.371 e. The lowest BCUT2D eigenvalue weighted by molar-refractivity contribution is -0.125. The summed E-state index contributed by atoms with van der Waals surface area (Å²) in [6.07, 6.45) is 0. The van der Waals surface area contributed by atoms with Gasteiger partial charge in [-0.25, -0.2) is 4.31 Å². The van der Waals surface area contributed by atoms with Crippen molar-refractivity contribution in [3.05, 3.63) is 0 Å². The highest BCUT2D eigenvalue weighted by atomic mass is 32.1. The highest BCUT2D eigenvalue weighted by Gasteiger charge is 2.57. The fraction of sp³-hybridized carbons (Fsp3) is 1.00. The Morgan fingerprint density at radius 2 is 1.93 bits per heavy atom. The van der Waals surface area contributed by atoms with Crippen LogP contribution in [0.4, 0.5) is 0 Å². The average Bonchev–Trinajstić information content (AvgIpc) is 2.41. The van der Waals surface area contributed by atoms with Gasteiger partial charge in [0.2, 0.25) is 0 Å². The van der Waals surface area contributed by atoms with Crippen LogP contribution in [0, 0.1) is 0 Å². The van der Waals surface area contributed by atoms with E-state index in [1.807, 2.05) is 0 Å². The second-order valence-corrected chi connectivity index (χ2v) is 5.96. The molecule has 2 aliphatic heterocycles. The lowest BCUT2D eigenvalue weighted by Gasteiger charge is -2.49. The Balaban J connectivity index is 2.26. The van der Waals surface area contributed by atoms with Crippen molar-refractivity contribution in [2.24, 2.45) is 0 Å². The third-order valence-corrected chi connectivity index (χ3v) is 4.82. The standard InChI is InChI=1S/C11H22N2OS/c1-9(2)12-7-10(3)11(4,8-12)14-6-5-13(10)15/h9,15H,5-8H2,1-4H3/t10-,11?/m0/s1. The second-order valence-electron chi connectivity index (χ2n) is 5.48. The third kappa shape index (κ3) is 1.62. The van der Waals surface area contributed by atoms with Gasteiger partial charge in [-0.15, -0.1) is 0 Å². The molecule has 1 unspecified atom stereocenters. The fourth-order valence-corrected chi connectivity index (χ4v) is 3.06. The van der Waals surface area contributed by atoms with Crippen molar-refractivity contribution in [1.29, 1.82) is 0 Å². The average molecular weight is 230 g/mol. The highest BCUT2D eigenvalue weighted by molar-refractivity contribution is 7.77. The van der Waals surface area contributed by atoms with E-state index < -0.39 is 0 Å². The van der Waals surface area contributed by atoms with E-state index in [1.165, 1.54) is 0 Å². The molecule has 0 saturated carbocycles. The molecule has 0 amide bonds. The van der Waals surface area contributed by atoms with E-state index >= 15 is 0 Å².